The maximum Gasteiger partial charge on any atom is 0.305 e. The minimum absolute atomic E-state index is 0.00327. The van der Waals surface area contributed by atoms with Crippen LogP contribution in [-0.4, -0.2) is 41.2 Å². The van der Waals surface area contributed by atoms with Crippen molar-refractivity contribution < 1.29 is 23.9 Å². The highest BCUT2D eigenvalue weighted by atomic mass is 35.5. The van der Waals surface area contributed by atoms with E-state index in [4.69, 9.17) is 21.1 Å². The largest absolute Gasteiger partial charge is 0.490 e. The van der Waals surface area contributed by atoms with Gasteiger partial charge in [0.25, 0.3) is 5.91 Å². The lowest BCUT2D eigenvalue weighted by molar-refractivity contribution is -0.123. The third-order valence-corrected chi connectivity index (χ3v) is 13.1. The van der Waals surface area contributed by atoms with E-state index >= 15 is 0 Å². The predicted molar refractivity (Wildman–Crippen MR) is 185 cm³/mol. The molecule has 4 unspecified atom stereocenters. The number of carbonyl (C=O) groups excluding carboxylic acids is 3. The summed E-state index contributed by atoms with van der Waals surface area (Å²) in [5, 5.41) is 4.31. The zero-order valence-corrected chi connectivity index (χ0v) is 28.5. The minimum atomic E-state index is -0.416. The van der Waals surface area contributed by atoms with Gasteiger partial charge in [0.2, 0.25) is 11.8 Å². The monoisotopic (exact) mass is 701 g/mol. The number of aromatic nitrogens is 1. The van der Waals surface area contributed by atoms with Crippen LogP contribution in [0.1, 0.15) is 35.3 Å². The number of thioether (sulfide) groups is 1. The lowest BCUT2D eigenvalue weighted by atomic mass is 9.68. The number of aromatic amines is 1. The van der Waals surface area contributed by atoms with Gasteiger partial charge < -0.3 is 19.8 Å². The summed E-state index contributed by atoms with van der Waals surface area (Å²) >= 11 is 8.95. The molecule has 0 radical (unpaired) electrons. The molecule has 12 heteroatoms. The molecule has 7 atom stereocenters. The van der Waals surface area contributed by atoms with E-state index in [1.54, 1.807) is 36.0 Å². The molecule has 48 heavy (non-hydrogen) atoms. The third-order valence-electron chi connectivity index (χ3n) is 10.2. The van der Waals surface area contributed by atoms with Crippen molar-refractivity contribution in [1.82, 2.24) is 4.98 Å². The second-order valence-corrected chi connectivity index (χ2v) is 15.4. The molecule has 2 aliphatic heterocycles. The molecule has 2 N–H and O–H groups in total. The Bertz CT molecular complexity index is 2010. The molecular weight excluding hydrogens is 670 g/mol. The van der Waals surface area contributed by atoms with Crippen molar-refractivity contribution in [1.29, 1.82) is 0 Å². The summed E-state index contributed by atoms with van der Waals surface area (Å²) in [6.07, 6.45) is 0.786. The second-order valence-electron chi connectivity index (χ2n) is 12.7. The van der Waals surface area contributed by atoms with Gasteiger partial charge in [0, 0.05) is 26.8 Å². The summed E-state index contributed by atoms with van der Waals surface area (Å²) in [6, 6.07) is 20.1. The molecule has 3 heterocycles. The number of fused-ring (bicyclic) bond motifs is 9. The van der Waals surface area contributed by atoms with E-state index < -0.39 is 5.92 Å². The molecule has 1 saturated heterocycles. The van der Waals surface area contributed by atoms with Crippen LogP contribution in [0.4, 0.5) is 11.4 Å². The van der Waals surface area contributed by atoms with Gasteiger partial charge in [0.15, 0.2) is 18.1 Å². The van der Waals surface area contributed by atoms with Gasteiger partial charge in [-0.05, 0) is 91.6 Å². The average molecular weight is 702 g/mol. The summed E-state index contributed by atoms with van der Waals surface area (Å²) in [5.41, 5.74) is 3.17. The van der Waals surface area contributed by atoms with Crippen LogP contribution in [0.2, 0.25) is 5.02 Å². The van der Waals surface area contributed by atoms with Crippen LogP contribution in [0.3, 0.4) is 0 Å². The number of nitrogens with one attached hydrogen (secondary N) is 2. The van der Waals surface area contributed by atoms with Crippen LogP contribution in [0, 0.1) is 36.5 Å². The number of imide groups is 1. The highest BCUT2D eigenvalue weighted by Gasteiger charge is 2.69. The fraction of sp³-hybridized carbons (Fsp3) is 0.333. The summed E-state index contributed by atoms with van der Waals surface area (Å²) in [7, 11) is 0. The van der Waals surface area contributed by atoms with Gasteiger partial charge in [0.1, 0.15) is 0 Å². The van der Waals surface area contributed by atoms with Gasteiger partial charge in [-0.1, -0.05) is 47.2 Å². The zero-order valence-electron chi connectivity index (χ0n) is 26.1. The van der Waals surface area contributed by atoms with Crippen molar-refractivity contribution in [3.05, 3.63) is 97.4 Å². The summed E-state index contributed by atoms with van der Waals surface area (Å²) in [5.74, 6) is -0.635. The van der Waals surface area contributed by atoms with E-state index in [1.165, 1.54) is 16.2 Å². The van der Waals surface area contributed by atoms with Crippen LogP contribution in [-0.2, 0) is 14.4 Å². The van der Waals surface area contributed by atoms with Gasteiger partial charge in [-0.3, -0.25) is 24.1 Å². The Kier molecular flexibility index (Phi) is 7.88. The van der Waals surface area contributed by atoms with E-state index in [9.17, 15) is 19.2 Å². The number of thiazole rings is 1. The number of carbonyl (C=O) groups is 3. The fourth-order valence-corrected chi connectivity index (χ4v) is 11.4. The van der Waals surface area contributed by atoms with Gasteiger partial charge in [-0.15, -0.1) is 11.8 Å². The molecule has 4 aliphatic rings. The smallest absolute Gasteiger partial charge is 0.305 e. The fourth-order valence-electron chi connectivity index (χ4n) is 8.38. The van der Waals surface area contributed by atoms with Crippen molar-refractivity contribution >= 4 is 63.8 Å². The third kappa shape index (κ3) is 5.05. The van der Waals surface area contributed by atoms with Crippen LogP contribution in [0.15, 0.2) is 76.6 Å². The van der Waals surface area contributed by atoms with Crippen molar-refractivity contribution in [3.63, 3.8) is 0 Å². The molecule has 3 amide bonds. The summed E-state index contributed by atoms with van der Waals surface area (Å²) in [4.78, 5) is 58.6. The number of ether oxygens (including phenoxy) is 2. The quantitative estimate of drug-likeness (QED) is 0.202. The average Bonchev–Trinajstić information content (AvgIpc) is 3.81. The van der Waals surface area contributed by atoms with Crippen molar-refractivity contribution in [2.24, 2.45) is 29.6 Å². The number of anilines is 2. The van der Waals surface area contributed by atoms with E-state index in [2.05, 4.69) is 10.3 Å². The molecule has 1 aromatic heterocycles. The number of amides is 3. The Morgan fingerprint density at radius 2 is 1.73 bits per heavy atom. The standard InChI is InChI=1S/C36H32ClN3O6S2/c1-3-45-25-14-18(8-13-24(25)46-16-26(41)38-23-7-5-4-6-17(23)2)27-28-21-15-22(31(28)47-33-32(27)48-36(44)39-33)30-29(21)34(42)40(35(30)43)20-11-9-19(37)10-12-20/h4-14,21-22,27-31H,3,15-16H2,1-2H3,(H,38,41)(H,39,44)/t21-,22-,27-,28?,29?,30?,31?/m1/s1. The number of H-pyrrole nitrogens is 1. The summed E-state index contributed by atoms with van der Waals surface area (Å²) < 4.78 is 12.0. The molecule has 246 valence electrons. The van der Waals surface area contributed by atoms with Crippen molar-refractivity contribution in [3.8, 4) is 11.5 Å². The zero-order chi connectivity index (χ0) is 33.3. The molecule has 3 fully saturated rings. The number of aryl methyl sites for hydroxylation is 1. The Balaban J connectivity index is 1.10. The molecule has 9 nitrogen and oxygen atoms in total. The number of rotatable bonds is 8. The number of nitrogens with zero attached hydrogens (tertiary/aromatic N) is 1. The molecule has 2 saturated carbocycles. The predicted octanol–water partition coefficient (Wildman–Crippen LogP) is 6.49. The number of benzene rings is 3. The SMILES string of the molecule is CCOc1cc([C@H]2c3sc(=O)[nH]c3SC3C2[C@H]2C[C@@H]3C3C(=O)N(c4ccc(Cl)cc4)C(=O)C32)ccc1OCC(=O)Nc1ccccc1C. The number of para-hydroxylation sites is 1. The maximum atomic E-state index is 14.0. The second kappa shape index (κ2) is 12.1. The molecule has 8 rings (SSSR count). The lowest BCUT2D eigenvalue weighted by Gasteiger charge is -2.43. The van der Waals surface area contributed by atoms with Crippen LogP contribution < -0.4 is 24.6 Å². The number of hydrogen-bond acceptors (Lipinski definition) is 8. The number of hydrogen-bond donors (Lipinski definition) is 2. The Labute approximate surface area is 290 Å². The van der Waals surface area contributed by atoms with Crippen LogP contribution >= 0.6 is 34.7 Å². The molecule has 2 bridgehead atoms. The van der Waals surface area contributed by atoms with Gasteiger partial charge in [-0.2, -0.15) is 0 Å². The molecule has 2 aliphatic carbocycles. The molecule has 0 spiro atoms. The summed E-state index contributed by atoms with van der Waals surface area (Å²) in [6.45, 7) is 4.00. The number of halogens is 1. The van der Waals surface area contributed by atoms with E-state index in [0.29, 0.717) is 28.8 Å². The van der Waals surface area contributed by atoms with E-state index in [-0.39, 0.29) is 64.0 Å². The topological polar surface area (TPSA) is 118 Å². The first-order chi connectivity index (χ1) is 23.2. The highest BCUT2D eigenvalue weighted by molar-refractivity contribution is 8.00. The molecule has 4 aromatic rings. The first kappa shape index (κ1) is 31.2. The van der Waals surface area contributed by atoms with Gasteiger partial charge in [0.05, 0.1) is 29.2 Å². The van der Waals surface area contributed by atoms with Gasteiger partial charge in [-0.25, -0.2) is 0 Å². The minimum Gasteiger partial charge on any atom is -0.490 e. The van der Waals surface area contributed by atoms with Gasteiger partial charge >= 0.3 is 4.87 Å². The van der Waals surface area contributed by atoms with Crippen molar-refractivity contribution in [2.45, 2.75) is 36.5 Å². The highest BCUT2D eigenvalue weighted by Crippen LogP contribution is 2.68. The lowest BCUT2D eigenvalue weighted by Crippen LogP contribution is -2.42. The van der Waals surface area contributed by atoms with E-state index in [0.717, 1.165) is 33.1 Å². The van der Waals surface area contributed by atoms with Crippen LogP contribution in [0.25, 0.3) is 0 Å². The molecular formula is C36H32ClN3O6S2. The Hall–Kier alpha value is -4.06. The Morgan fingerprint density at radius 3 is 2.48 bits per heavy atom. The first-order valence-corrected chi connectivity index (χ1v) is 18.1. The molecule has 3 aromatic carbocycles. The maximum absolute atomic E-state index is 14.0. The first-order valence-electron chi connectivity index (χ1n) is 16.0. The van der Waals surface area contributed by atoms with Crippen molar-refractivity contribution in [2.75, 3.05) is 23.4 Å². The normalized spacial score (nSPS) is 26.6. The Morgan fingerprint density at radius 1 is 0.979 bits per heavy atom. The van der Waals surface area contributed by atoms with E-state index in [1.807, 2.05) is 56.3 Å². The van der Waals surface area contributed by atoms with Crippen LogP contribution in [0.5, 0.6) is 11.5 Å².